The van der Waals surface area contributed by atoms with Crippen molar-refractivity contribution in [3.05, 3.63) is 0 Å². The first-order valence-electron chi connectivity index (χ1n) is 3.65. The van der Waals surface area contributed by atoms with Gasteiger partial charge in [-0.1, -0.05) is 20.8 Å². The van der Waals surface area contributed by atoms with Crippen LogP contribution in [-0.2, 0) is 9.53 Å². The number of esters is 1. The van der Waals surface area contributed by atoms with E-state index in [0.717, 1.165) is 6.42 Å². The second-order valence-corrected chi connectivity index (χ2v) is 3.05. The van der Waals surface area contributed by atoms with Gasteiger partial charge >= 0.3 is 5.97 Å². The third kappa shape index (κ3) is 3.49. The van der Waals surface area contributed by atoms with Crippen LogP contribution in [0.2, 0.25) is 0 Å². The Morgan fingerprint density at radius 2 is 1.90 bits per heavy atom. The molecular weight excluding hydrogens is 128 g/mol. The van der Waals surface area contributed by atoms with Gasteiger partial charge in [-0.2, -0.15) is 0 Å². The van der Waals surface area contributed by atoms with Gasteiger partial charge in [0.25, 0.3) is 0 Å². The topological polar surface area (TPSA) is 26.3 Å². The van der Waals surface area contributed by atoms with Crippen molar-refractivity contribution in [1.82, 2.24) is 0 Å². The molecule has 0 saturated carbocycles. The van der Waals surface area contributed by atoms with Gasteiger partial charge in [0.2, 0.25) is 0 Å². The lowest BCUT2D eigenvalue weighted by atomic mass is 9.99. The van der Waals surface area contributed by atoms with Gasteiger partial charge in [0.1, 0.15) is 0 Å². The normalized spacial score (nSPS) is 13.3. The first-order chi connectivity index (χ1) is 4.57. The minimum absolute atomic E-state index is 0.0463. The first kappa shape index (κ1) is 9.47. The Balaban J connectivity index is 3.61. The monoisotopic (exact) mass is 144 g/mol. The van der Waals surface area contributed by atoms with Crippen LogP contribution < -0.4 is 0 Å². The Morgan fingerprint density at radius 3 is 2.20 bits per heavy atom. The average Bonchev–Trinajstić information content (AvgIpc) is 1.85. The molecule has 0 fully saturated rings. The van der Waals surface area contributed by atoms with E-state index in [-0.39, 0.29) is 11.9 Å². The van der Waals surface area contributed by atoms with Gasteiger partial charge < -0.3 is 4.74 Å². The lowest BCUT2D eigenvalue weighted by Crippen LogP contribution is -2.14. The SMILES string of the molecule is COC(=O)C(C)CC(C)C. The van der Waals surface area contributed by atoms with Gasteiger partial charge in [-0.05, 0) is 12.3 Å². The maximum atomic E-state index is 10.8. The van der Waals surface area contributed by atoms with Gasteiger partial charge in [0.05, 0.1) is 13.0 Å². The van der Waals surface area contributed by atoms with Crippen molar-refractivity contribution < 1.29 is 9.53 Å². The molecule has 0 N–H and O–H groups in total. The Bertz CT molecular complexity index is 108. The zero-order valence-electron chi connectivity index (χ0n) is 7.18. The number of methoxy groups -OCH3 is 1. The molecular formula is C8H16O2. The van der Waals surface area contributed by atoms with Gasteiger partial charge in [0.15, 0.2) is 0 Å². The summed E-state index contributed by atoms with van der Waals surface area (Å²) >= 11 is 0. The fraction of sp³-hybridized carbons (Fsp3) is 0.875. The molecule has 0 aromatic heterocycles. The molecule has 0 amide bonds. The van der Waals surface area contributed by atoms with Crippen LogP contribution in [0.15, 0.2) is 0 Å². The molecule has 0 bridgehead atoms. The molecule has 10 heavy (non-hydrogen) atoms. The summed E-state index contributed by atoms with van der Waals surface area (Å²) in [6.07, 6.45) is 0.909. The van der Waals surface area contributed by atoms with Crippen LogP contribution in [0, 0.1) is 11.8 Å². The third-order valence-electron chi connectivity index (χ3n) is 1.43. The summed E-state index contributed by atoms with van der Waals surface area (Å²) < 4.78 is 4.57. The highest BCUT2D eigenvalue weighted by Crippen LogP contribution is 2.11. The summed E-state index contributed by atoms with van der Waals surface area (Å²) in [5.41, 5.74) is 0. The Morgan fingerprint density at radius 1 is 1.40 bits per heavy atom. The number of carbonyl (C=O) groups excluding carboxylic acids is 1. The first-order valence-corrected chi connectivity index (χ1v) is 3.65. The van der Waals surface area contributed by atoms with Crippen molar-refractivity contribution >= 4 is 5.97 Å². The van der Waals surface area contributed by atoms with Crippen molar-refractivity contribution in [2.24, 2.45) is 11.8 Å². The van der Waals surface area contributed by atoms with Gasteiger partial charge in [-0.3, -0.25) is 4.79 Å². The Kier molecular flexibility index (Phi) is 4.08. The summed E-state index contributed by atoms with van der Waals surface area (Å²) in [6, 6.07) is 0. The van der Waals surface area contributed by atoms with Crippen LogP contribution in [0.25, 0.3) is 0 Å². The fourth-order valence-corrected chi connectivity index (χ4v) is 1.00. The van der Waals surface area contributed by atoms with Crippen LogP contribution in [0.1, 0.15) is 27.2 Å². The number of rotatable bonds is 3. The second kappa shape index (κ2) is 4.31. The lowest BCUT2D eigenvalue weighted by molar-refractivity contribution is -0.145. The van der Waals surface area contributed by atoms with Crippen molar-refractivity contribution in [2.75, 3.05) is 7.11 Å². The van der Waals surface area contributed by atoms with Crippen molar-refractivity contribution in [2.45, 2.75) is 27.2 Å². The van der Waals surface area contributed by atoms with Gasteiger partial charge in [-0.25, -0.2) is 0 Å². The van der Waals surface area contributed by atoms with Crippen molar-refractivity contribution in [3.8, 4) is 0 Å². The summed E-state index contributed by atoms with van der Waals surface area (Å²) in [5.74, 6) is 0.507. The molecule has 0 radical (unpaired) electrons. The quantitative estimate of drug-likeness (QED) is 0.565. The van der Waals surface area contributed by atoms with Gasteiger partial charge in [-0.15, -0.1) is 0 Å². The lowest BCUT2D eigenvalue weighted by Gasteiger charge is -2.10. The van der Waals surface area contributed by atoms with Crippen molar-refractivity contribution in [3.63, 3.8) is 0 Å². The zero-order chi connectivity index (χ0) is 8.15. The van der Waals surface area contributed by atoms with E-state index < -0.39 is 0 Å². The molecule has 1 unspecified atom stereocenters. The third-order valence-corrected chi connectivity index (χ3v) is 1.43. The van der Waals surface area contributed by atoms with Crippen LogP contribution in [-0.4, -0.2) is 13.1 Å². The predicted molar refractivity (Wildman–Crippen MR) is 40.6 cm³/mol. The number of ether oxygens (including phenoxy) is 1. The van der Waals surface area contributed by atoms with Gasteiger partial charge in [0, 0.05) is 0 Å². The predicted octanol–water partition coefficient (Wildman–Crippen LogP) is 1.84. The van der Waals surface area contributed by atoms with E-state index in [1.54, 1.807) is 0 Å². The molecule has 0 rings (SSSR count). The highest BCUT2D eigenvalue weighted by Gasteiger charge is 2.13. The molecule has 0 aromatic carbocycles. The van der Waals surface area contributed by atoms with E-state index in [0.29, 0.717) is 5.92 Å². The van der Waals surface area contributed by atoms with E-state index >= 15 is 0 Å². The minimum Gasteiger partial charge on any atom is -0.469 e. The zero-order valence-corrected chi connectivity index (χ0v) is 7.18. The average molecular weight is 144 g/mol. The molecule has 0 heterocycles. The molecule has 0 spiro atoms. The van der Waals surface area contributed by atoms with E-state index in [1.165, 1.54) is 7.11 Å². The van der Waals surface area contributed by atoms with Crippen LogP contribution in [0.5, 0.6) is 0 Å². The van der Waals surface area contributed by atoms with Crippen LogP contribution in [0.4, 0.5) is 0 Å². The summed E-state index contributed by atoms with van der Waals surface area (Å²) in [7, 11) is 1.43. The number of hydrogen-bond donors (Lipinski definition) is 0. The highest BCUT2D eigenvalue weighted by molar-refractivity contribution is 5.71. The number of carbonyl (C=O) groups is 1. The Labute approximate surface area is 62.6 Å². The van der Waals surface area contributed by atoms with E-state index in [9.17, 15) is 4.79 Å². The maximum Gasteiger partial charge on any atom is 0.308 e. The minimum atomic E-state index is -0.103. The molecule has 2 nitrogen and oxygen atoms in total. The van der Waals surface area contributed by atoms with E-state index in [4.69, 9.17) is 0 Å². The molecule has 0 aliphatic carbocycles. The van der Waals surface area contributed by atoms with E-state index in [1.807, 2.05) is 6.92 Å². The molecule has 0 aliphatic heterocycles. The summed E-state index contributed by atoms with van der Waals surface area (Å²) in [4.78, 5) is 10.8. The van der Waals surface area contributed by atoms with Crippen molar-refractivity contribution in [1.29, 1.82) is 0 Å². The highest BCUT2D eigenvalue weighted by atomic mass is 16.5. The summed E-state index contributed by atoms with van der Waals surface area (Å²) in [6.45, 7) is 6.09. The van der Waals surface area contributed by atoms with E-state index in [2.05, 4.69) is 18.6 Å². The fourth-order valence-electron chi connectivity index (χ4n) is 1.00. The number of hydrogen-bond acceptors (Lipinski definition) is 2. The molecule has 2 heteroatoms. The smallest absolute Gasteiger partial charge is 0.308 e. The summed E-state index contributed by atoms with van der Waals surface area (Å²) in [5, 5.41) is 0. The molecule has 60 valence electrons. The molecule has 0 aromatic rings. The van der Waals surface area contributed by atoms with Crippen LogP contribution in [0.3, 0.4) is 0 Å². The van der Waals surface area contributed by atoms with Crippen LogP contribution >= 0.6 is 0 Å². The maximum absolute atomic E-state index is 10.8. The standard InChI is InChI=1S/C8H16O2/c1-6(2)5-7(3)8(9)10-4/h6-7H,5H2,1-4H3. The molecule has 1 atom stereocenters. The molecule has 0 saturated heterocycles. The second-order valence-electron chi connectivity index (χ2n) is 3.05. The Hall–Kier alpha value is -0.530. The largest absolute Gasteiger partial charge is 0.469 e. The molecule has 0 aliphatic rings.